The van der Waals surface area contributed by atoms with Crippen molar-refractivity contribution < 1.29 is 9.53 Å². The Hall–Kier alpha value is -3.64. The lowest BCUT2D eigenvalue weighted by molar-refractivity contribution is 0.102. The molecule has 36 heavy (non-hydrogen) atoms. The first-order valence-electron chi connectivity index (χ1n) is 12.5. The Labute approximate surface area is 213 Å². The molecule has 0 saturated carbocycles. The quantitative estimate of drug-likeness (QED) is 0.305. The molecule has 188 valence electrons. The lowest BCUT2D eigenvalue weighted by Gasteiger charge is -2.21. The van der Waals surface area contributed by atoms with Gasteiger partial charge in [0, 0.05) is 53.3 Å². The normalized spacial score (nSPS) is 11.7. The molecule has 0 atom stereocenters. The number of aryl methyl sites for hydroxylation is 1. The van der Waals surface area contributed by atoms with E-state index in [4.69, 9.17) is 4.74 Å². The lowest BCUT2D eigenvalue weighted by atomic mass is 10.1. The number of aromatic nitrogens is 2. The number of carbonyl (C=O) groups is 1. The molecule has 4 rings (SSSR count). The summed E-state index contributed by atoms with van der Waals surface area (Å²) in [6, 6.07) is 17.5. The summed E-state index contributed by atoms with van der Waals surface area (Å²) in [7, 11) is 2.16. The standard InChI is InChI=1S/C30H36N4O2/c1-21-26(14-18-34(5)17-13-22-11-15-31-16-12-22)27-20-24(9-10-28(27)32-21)33-29(35)23-7-6-8-25(19-23)36-30(2,3)4/h6-12,15-16,19-20,32H,13-14,17-18H2,1-5H3,(H,33,35). The van der Waals surface area contributed by atoms with Crippen LogP contribution in [0.1, 0.15) is 48.0 Å². The van der Waals surface area contributed by atoms with Gasteiger partial charge in [-0.2, -0.15) is 0 Å². The molecule has 0 aliphatic heterocycles. The molecule has 0 bridgehead atoms. The van der Waals surface area contributed by atoms with Crippen LogP contribution >= 0.6 is 0 Å². The molecule has 2 N–H and O–H groups in total. The van der Waals surface area contributed by atoms with E-state index in [2.05, 4.69) is 52.4 Å². The Morgan fingerprint density at radius 1 is 1.03 bits per heavy atom. The number of anilines is 1. The summed E-state index contributed by atoms with van der Waals surface area (Å²) in [6.07, 6.45) is 5.63. The molecule has 2 heterocycles. The fraction of sp³-hybridized carbons (Fsp3) is 0.333. The van der Waals surface area contributed by atoms with Gasteiger partial charge >= 0.3 is 0 Å². The van der Waals surface area contributed by atoms with E-state index in [-0.39, 0.29) is 11.5 Å². The maximum atomic E-state index is 13.0. The van der Waals surface area contributed by atoms with Gasteiger partial charge in [-0.1, -0.05) is 6.07 Å². The van der Waals surface area contributed by atoms with Crippen LogP contribution in [0.3, 0.4) is 0 Å². The third-order valence-electron chi connectivity index (χ3n) is 6.17. The van der Waals surface area contributed by atoms with E-state index in [9.17, 15) is 4.79 Å². The van der Waals surface area contributed by atoms with Gasteiger partial charge in [0.05, 0.1) is 0 Å². The van der Waals surface area contributed by atoms with E-state index in [0.29, 0.717) is 11.3 Å². The van der Waals surface area contributed by atoms with Crippen LogP contribution in [0.5, 0.6) is 5.75 Å². The van der Waals surface area contributed by atoms with Crippen molar-refractivity contribution in [2.45, 2.75) is 46.1 Å². The minimum absolute atomic E-state index is 0.154. The second-order valence-electron chi connectivity index (χ2n) is 10.3. The lowest BCUT2D eigenvalue weighted by Crippen LogP contribution is -2.24. The molecule has 2 aromatic carbocycles. The molecule has 0 radical (unpaired) electrons. The van der Waals surface area contributed by atoms with Crippen molar-refractivity contribution >= 4 is 22.5 Å². The molecule has 1 amide bonds. The van der Waals surface area contributed by atoms with Crippen LogP contribution in [0.2, 0.25) is 0 Å². The van der Waals surface area contributed by atoms with Gasteiger partial charge in [0.25, 0.3) is 5.91 Å². The number of benzene rings is 2. The van der Waals surface area contributed by atoms with Crippen LogP contribution < -0.4 is 10.1 Å². The van der Waals surface area contributed by atoms with Crippen molar-refractivity contribution in [1.29, 1.82) is 0 Å². The first-order chi connectivity index (χ1) is 17.2. The van der Waals surface area contributed by atoms with Gasteiger partial charge < -0.3 is 19.9 Å². The highest BCUT2D eigenvalue weighted by molar-refractivity contribution is 6.05. The Morgan fingerprint density at radius 3 is 2.53 bits per heavy atom. The second kappa shape index (κ2) is 11.0. The Morgan fingerprint density at radius 2 is 1.78 bits per heavy atom. The number of likely N-dealkylation sites (N-methyl/N-ethyl adjacent to an activating group) is 1. The summed E-state index contributed by atoms with van der Waals surface area (Å²) in [6.45, 7) is 10.0. The highest BCUT2D eigenvalue weighted by Crippen LogP contribution is 2.27. The molecule has 6 heteroatoms. The minimum atomic E-state index is -0.324. The number of hydrogen-bond acceptors (Lipinski definition) is 4. The Kier molecular flexibility index (Phi) is 7.75. The van der Waals surface area contributed by atoms with Crippen LogP contribution in [-0.2, 0) is 12.8 Å². The highest BCUT2D eigenvalue weighted by atomic mass is 16.5. The molecule has 2 aromatic heterocycles. The van der Waals surface area contributed by atoms with Crippen molar-refractivity contribution in [3.05, 3.63) is 89.4 Å². The van der Waals surface area contributed by atoms with E-state index in [0.717, 1.165) is 42.5 Å². The number of nitrogens with zero attached hydrogens (tertiary/aromatic N) is 2. The van der Waals surface area contributed by atoms with Gasteiger partial charge in [0.1, 0.15) is 11.4 Å². The number of hydrogen-bond donors (Lipinski definition) is 2. The third kappa shape index (κ3) is 6.73. The number of ether oxygens (including phenoxy) is 1. The number of carbonyl (C=O) groups excluding carboxylic acids is 1. The molecular weight excluding hydrogens is 448 g/mol. The minimum Gasteiger partial charge on any atom is -0.488 e. The molecule has 0 saturated heterocycles. The molecule has 0 aliphatic carbocycles. The van der Waals surface area contributed by atoms with Crippen LogP contribution in [-0.4, -0.2) is 46.5 Å². The first kappa shape index (κ1) is 25.5. The number of rotatable bonds is 9. The van der Waals surface area contributed by atoms with Crippen molar-refractivity contribution in [3.8, 4) is 5.75 Å². The van der Waals surface area contributed by atoms with Crippen LogP contribution in [0, 0.1) is 6.92 Å². The van der Waals surface area contributed by atoms with Gasteiger partial charge in [-0.15, -0.1) is 0 Å². The predicted octanol–water partition coefficient (Wildman–Crippen LogP) is 6.02. The van der Waals surface area contributed by atoms with E-state index in [1.54, 1.807) is 12.1 Å². The van der Waals surface area contributed by atoms with E-state index in [1.807, 2.05) is 57.4 Å². The SMILES string of the molecule is Cc1[nH]c2ccc(NC(=O)c3cccc(OC(C)(C)C)c3)cc2c1CCN(C)CCc1ccncc1. The number of pyridine rings is 1. The molecule has 0 fully saturated rings. The second-order valence-corrected chi connectivity index (χ2v) is 10.3. The summed E-state index contributed by atoms with van der Waals surface area (Å²) in [5.41, 5.74) is 5.87. The average Bonchev–Trinajstić information content (AvgIpc) is 3.15. The zero-order valence-electron chi connectivity index (χ0n) is 21.9. The molecule has 0 spiro atoms. The van der Waals surface area contributed by atoms with E-state index in [1.165, 1.54) is 16.8 Å². The fourth-order valence-electron chi connectivity index (χ4n) is 4.32. The van der Waals surface area contributed by atoms with Crippen molar-refractivity contribution in [2.75, 3.05) is 25.5 Å². The molecule has 6 nitrogen and oxygen atoms in total. The Bertz CT molecular complexity index is 1320. The van der Waals surface area contributed by atoms with Gasteiger partial charge in [-0.25, -0.2) is 0 Å². The summed E-state index contributed by atoms with van der Waals surface area (Å²) >= 11 is 0. The smallest absolute Gasteiger partial charge is 0.255 e. The summed E-state index contributed by atoms with van der Waals surface area (Å²) < 4.78 is 5.92. The molecular formula is C30H36N4O2. The number of nitrogens with one attached hydrogen (secondary N) is 2. The van der Waals surface area contributed by atoms with E-state index < -0.39 is 0 Å². The summed E-state index contributed by atoms with van der Waals surface area (Å²) in [5.74, 6) is 0.528. The van der Waals surface area contributed by atoms with Gasteiger partial charge in [0.15, 0.2) is 0 Å². The van der Waals surface area contributed by atoms with Gasteiger partial charge in [0.2, 0.25) is 0 Å². The molecule has 0 unspecified atom stereocenters. The zero-order valence-corrected chi connectivity index (χ0v) is 21.9. The van der Waals surface area contributed by atoms with Crippen LogP contribution in [0.25, 0.3) is 10.9 Å². The summed E-state index contributed by atoms with van der Waals surface area (Å²) in [4.78, 5) is 22.9. The third-order valence-corrected chi connectivity index (χ3v) is 6.17. The summed E-state index contributed by atoms with van der Waals surface area (Å²) in [5, 5.41) is 4.21. The van der Waals surface area contributed by atoms with E-state index >= 15 is 0 Å². The van der Waals surface area contributed by atoms with Gasteiger partial charge in [-0.3, -0.25) is 9.78 Å². The molecule has 4 aromatic rings. The largest absolute Gasteiger partial charge is 0.488 e. The van der Waals surface area contributed by atoms with Crippen molar-refractivity contribution in [1.82, 2.24) is 14.9 Å². The van der Waals surface area contributed by atoms with Gasteiger partial charge in [-0.05, 0) is 107 Å². The fourth-order valence-corrected chi connectivity index (χ4v) is 4.32. The number of H-pyrrole nitrogens is 1. The number of aromatic amines is 1. The van der Waals surface area contributed by atoms with Crippen molar-refractivity contribution in [3.63, 3.8) is 0 Å². The molecule has 0 aliphatic rings. The first-order valence-corrected chi connectivity index (χ1v) is 12.5. The maximum absolute atomic E-state index is 13.0. The monoisotopic (exact) mass is 484 g/mol. The zero-order chi connectivity index (χ0) is 25.7. The Balaban J connectivity index is 1.43. The highest BCUT2D eigenvalue weighted by Gasteiger charge is 2.15. The topological polar surface area (TPSA) is 70.2 Å². The number of fused-ring (bicyclic) bond motifs is 1. The number of amides is 1. The van der Waals surface area contributed by atoms with Crippen LogP contribution in [0.15, 0.2) is 67.0 Å². The van der Waals surface area contributed by atoms with Crippen molar-refractivity contribution in [2.24, 2.45) is 0 Å². The average molecular weight is 485 g/mol. The van der Waals surface area contributed by atoms with Crippen LogP contribution in [0.4, 0.5) is 5.69 Å². The maximum Gasteiger partial charge on any atom is 0.255 e. The predicted molar refractivity (Wildman–Crippen MR) is 147 cm³/mol.